The molecule has 3 heterocycles. The van der Waals surface area contributed by atoms with Gasteiger partial charge in [-0.1, -0.05) is 30.9 Å². The van der Waals surface area contributed by atoms with Gasteiger partial charge in [0.25, 0.3) is 5.91 Å². The molecule has 1 saturated carbocycles. The van der Waals surface area contributed by atoms with Gasteiger partial charge in [-0.05, 0) is 82.7 Å². The summed E-state index contributed by atoms with van der Waals surface area (Å²) in [5.74, 6) is -1.09. The van der Waals surface area contributed by atoms with Crippen LogP contribution in [0.25, 0.3) is 0 Å². The van der Waals surface area contributed by atoms with Crippen molar-refractivity contribution in [2.24, 2.45) is 0 Å². The second kappa shape index (κ2) is 13.2. The van der Waals surface area contributed by atoms with Gasteiger partial charge in [0.2, 0.25) is 0 Å². The van der Waals surface area contributed by atoms with Gasteiger partial charge in [-0.15, -0.1) is 0 Å². The molecule has 42 heavy (non-hydrogen) atoms. The Morgan fingerprint density at radius 3 is 2.48 bits per heavy atom. The molecule has 1 aromatic carbocycles. The zero-order valence-electron chi connectivity index (χ0n) is 24.8. The van der Waals surface area contributed by atoms with Crippen molar-refractivity contribution in [3.8, 4) is 0 Å². The zero-order chi connectivity index (χ0) is 30.0. The third kappa shape index (κ3) is 6.57. The number of aryl methyl sites for hydroxylation is 2. The fraction of sp³-hybridized carbons (Fsp3) is 0.594. The number of nitrogens with zero attached hydrogens (tertiary/aromatic N) is 4. The number of carbonyl (C=O) groups is 2. The molecule has 0 radical (unpaired) electrons. The molecule has 7 nitrogen and oxygen atoms in total. The normalized spacial score (nSPS) is 21.7. The van der Waals surface area contributed by atoms with Crippen LogP contribution in [0.4, 0.5) is 13.6 Å². The van der Waals surface area contributed by atoms with E-state index in [1.165, 1.54) is 18.6 Å². The van der Waals surface area contributed by atoms with E-state index < -0.39 is 17.7 Å². The van der Waals surface area contributed by atoms with E-state index in [0.29, 0.717) is 29.5 Å². The predicted octanol–water partition coefficient (Wildman–Crippen LogP) is 6.41. The first-order valence-electron chi connectivity index (χ1n) is 15.3. The zero-order valence-corrected chi connectivity index (χ0v) is 25.6. The molecular weight excluding hydrogens is 560 g/mol. The number of carbonyl (C=O) groups excluding carboxylic acids is 2. The van der Waals surface area contributed by atoms with Gasteiger partial charge in [0.1, 0.15) is 16.8 Å². The van der Waals surface area contributed by atoms with Crippen molar-refractivity contribution < 1.29 is 18.4 Å². The maximum absolute atomic E-state index is 15.0. The van der Waals surface area contributed by atoms with Gasteiger partial charge in [-0.2, -0.15) is 0 Å². The maximum Gasteiger partial charge on any atom is 0.321 e. The van der Waals surface area contributed by atoms with Crippen LogP contribution in [0, 0.1) is 25.5 Å². The third-order valence-corrected chi connectivity index (χ3v) is 9.65. The van der Waals surface area contributed by atoms with Crippen molar-refractivity contribution in [3.05, 3.63) is 63.4 Å². The number of nitrogens with one attached hydrogen (secondary N) is 1. The number of amides is 3. The minimum absolute atomic E-state index is 0.0351. The molecule has 1 aromatic heterocycles. The lowest BCUT2D eigenvalue weighted by Crippen LogP contribution is -2.50. The van der Waals surface area contributed by atoms with Crippen molar-refractivity contribution in [1.82, 2.24) is 25.0 Å². The average Bonchev–Trinajstić information content (AvgIpc) is 3.30. The number of hydrogen-bond acceptors (Lipinski definition) is 4. The predicted molar refractivity (Wildman–Crippen MR) is 160 cm³/mol. The molecule has 2 unspecified atom stereocenters. The number of halogens is 3. The number of piperidine rings is 1. The monoisotopic (exact) mass is 601 g/mol. The Morgan fingerprint density at radius 2 is 1.79 bits per heavy atom. The largest absolute Gasteiger partial charge is 0.352 e. The molecule has 3 fully saturated rings. The summed E-state index contributed by atoms with van der Waals surface area (Å²) < 4.78 is 29.2. The minimum Gasteiger partial charge on any atom is -0.352 e. The number of hydrogen-bond donors (Lipinski definition) is 1. The van der Waals surface area contributed by atoms with Crippen LogP contribution >= 0.6 is 11.6 Å². The molecule has 3 aliphatic rings. The van der Waals surface area contributed by atoms with E-state index in [4.69, 9.17) is 11.6 Å². The van der Waals surface area contributed by atoms with E-state index in [1.807, 2.05) is 16.7 Å². The minimum atomic E-state index is -0.492. The maximum atomic E-state index is 15.0. The highest BCUT2D eigenvalue weighted by atomic mass is 35.5. The average molecular weight is 602 g/mol. The van der Waals surface area contributed by atoms with Gasteiger partial charge in [0, 0.05) is 49.9 Å². The van der Waals surface area contributed by atoms with Crippen molar-refractivity contribution in [2.45, 2.75) is 96.3 Å². The SMILES string of the molecule is Cc1cc(Cl)nc(C)c1C(=O)NCCC(C)N1CCC(N2C(=O)N(C3CCCCC3)CC2c2cc(F)ccc2F)CC1. The summed E-state index contributed by atoms with van der Waals surface area (Å²) in [4.78, 5) is 37.1. The van der Waals surface area contributed by atoms with Crippen molar-refractivity contribution >= 4 is 23.5 Å². The molecule has 2 saturated heterocycles. The molecule has 5 rings (SSSR count). The summed E-state index contributed by atoms with van der Waals surface area (Å²) in [5.41, 5.74) is 2.25. The van der Waals surface area contributed by atoms with Crippen LogP contribution in [-0.2, 0) is 0 Å². The van der Waals surface area contributed by atoms with Gasteiger partial charge < -0.3 is 20.0 Å². The van der Waals surface area contributed by atoms with Crippen molar-refractivity contribution in [3.63, 3.8) is 0 Å². The first-order chi connectivity index (χ1) is 20.1. The van der Waals surface area contributed by atoms with E-state index in [2.05, 4.69) is 22.1 Å². The highest BCUT2D eigenvalue weighted by molar-refractivity contribution is 6.29. The Hall–Kier alpha value is -2.78. The highest BCUT2D eigenvalue weighted by Gasteiger charge is 2.46. The second-order valence-corrected chi connectivity index (χ2v) is 12.6. The van der Waals surface area contributed by atoms with E-state index in [0.717, 1.165) is 69.7 Å². The van der Waals surface area contributed by atoms with Crippen molar-refractivity contribution in [1.29, 1.82) is 0 Å². The summed E-state index contributed by atoms with van der Waals surface area (Å²) in [6.45, 7) is 8.33. The van der Waals surface area contributed by atoms with Crippen LogP contribution in [0.5, 0.6) is 0 Å². The fourth-order valence-corrected chi connectivity index (χ4v) is 7.45. The lowest BCUT2D eigenvalue weighted by molar-refractivity contribution is 0.0873. The van der Waals surface area contributed by atoms with E-state index in [-0.39, 0.29) is 35.6 Å². The number of benzene rings is 1. The Morgan fingerprint density at radius 1 is 1.07 bits per heavy atom. The summed E-state index contributed by atoms with van der Waals surface area (Å²) in [6.07, 6.45) is 7.63. The van der Waals surface area contributed by atoms with Gasteiger partial charge in [0.05, 0.1) is 17.3 Å². The number of pyridine rings is 1. The Balaban J connectivity index is 1.20. The van der Waals surface area contributed by atoms with Crippen LogP contribution in [0.1, 0.15) is 91.5 Å². The van der Waals surface area contributed by atoms with Gasteiger partial charge in [-0.3, -0.25) is 4.79 Å². The first kappa shape index (κ1) is 30.7. The quantitative estimate of drug-likeness (QED) is 0.355. The standard InChI is InChI=1S/C32H42ClF2N5O2/c1-20-17-29(33)37-22(3)30(20)31(41)36-14-11-21(2)38-15-12-25(13-16-38)40-28(26-18-23(34)9-10-27(26)35)19-39(32(40)42)24-7-5-4-6-8-24/h9-10,17-18,21,24-25,28H,4-8,11-16,19H2,1-3H3,(H,36,41). The van der Waals surface area contributed by atoms with E-state index >= 15 is 4.39 Å². The molecule has 2 atom stereocenters. The summed E-state index contributed by atoms with van der Waals surface area (Å²) in [6, 6.07) is 5.11. The van der Waals surface area contributed by atoms with Crippen molar-refractivity contribution in [2.75, 3.05) is 26.2 Å². The number of aromatic nitrogens is 1. The molecule has 2 aromatic rings. The molecule has 1 N–H and O–H groups in total. The molecule has 10 heteroatoms. The number of rotatable bonds is 8. The lowest BCUT2D eigenvalue weighted by atomic mass is 9.94. The fourth-order valence-electron chi connectivity index (χ4n) is 7.16. The summed E-state index contributed by atoms with van der Waals surface area (Å²) in [5, 5.41) is 3.40. The molecule has 2 aliphatic heterocycles. The molecule has 228 valence electrons. The topological polar surface area (TPSA) is 68.8 Å². The van der Waals surface area contributed by atoms with Gasteiger partial charge in [0.15, 0.2) is 0 Å². The Kier molecular flexibility index (Phi) is 9.67. The van der Waals surface area contributed by atoms with Crippen LogP contribution in [0.15, 0.2) is 24.3 Å². The second-order valence-electron chi connectivity index (χ2n) is 12.2. The van der Waals surface area contributed by atoms with E-state index in [1.54, 1.807) is 13.0 Å². The van der Waals surface area contributed by atoms with E-state index in [9.17, 15) is 14.0 Å². The summed E-state index contributed by atoms with van der Waals surface area (Å²) >= 11 is 6.01. The van der Waals surface area contributed by atoms with Crippen LogP contribution in [-0.4, -0.2) is 75.9 Å². The third-order valence-electron chi connectivity index (χ3n) is 9.46. The number of urea groups is 1. The van der Waals surface area contributed by atoms with Crippen LogP contribution < -0.4 is 5.32 Å². The number of likely N-dealkylation sites (tertiary alicyclic amines) is 1. The molecular formula is C32H42ClF2N5O2. The Labute approximate surface area is 252 Å². The van der Waals surface area contributed by atoms with Gasteiger partial charge in [-0.25, -0.2) is 18.6 Å². The Bertz CT molecular complexity index is 1270. The molecule has 0 bridgehead atoms. The molecule has 0 spiro atoms. The summed E-state index contributed by atoms with van der Waals surface area (Å²) in [7, 11) is 0. The van der Waals surface area contributed by atoms with Gasteiger partial charge >= 0.3 is 6.03 Å². The van der Waals surface area contributed by atoms with Crippen LogP contribution in [0.3, 0.4) is 0 Å². The highest BCUT2D eigenvalue weighted by Crippen LogP contribution is 2.39. The van der Waals surface area contributed by atoms with Crippen LogP contribution in [0.2, 0.25) is 5.15 Å². The molecule has 1 aliphatic carbocycles. The molecule has 3 amide bonds. The smallest absolute Gasteiger partial charge is 0.321 e. The lowest BCUT2D eigenvalue weighted by Gasteiger charge is -2.41. The first-order valence-corrected chi connectivity index (χ1v) is 15.7.